The Bertz CT molecular complexity index is 473. The van der Waals surface area contributed by atoms with Gasteiger partial charge < -0.3 is 5.73 Å². The first kappa shape index (κ1) is 11.7. The van der Waals surface area contributed by atoms with E-state index in [4.69, 9.17) is 5.73 Å². The third kappa shape index (κ3) is 2.31. The average Bonchev–Trinajstić information content (AvgIpc) is 2.84. The summed E-state index contributed by atoms with van der Waals surface area (Å²) in [5.41, 5.74) is 8.28. The Kier molecular flexibility index (Phi) is 3.37. The number of hydrogen-bond donors (Lipinski definition) is 1. The molecular formula is C11H15N3S2. The molecule has 3 nitrogen and oxygen atoms in total. The van der Waals surface area contributed by atoms with Gasteiger partial charge in [-0.1, -0.05) is 13.8 Å². The molecule has 2 aromatic heterocycles. The van der Waals surface area contributed by atoms with Crippen LogP contribution in [0.25, 0.3) is 0 Å². The maximum Gasteiger partial charge on any atom is 0.117 e. The quantitative estimate of drug-likeness (QED) is 0.914. The van der Waals surface area contributed by atoms with Gasteiger partial charge in [0.1, 0.15) is 16.1 Å². The molecule has 0 aliphatic carbocycles. The first-order chi connectivity index (χ1) is 7.58. The Labute approximate surface area is 103 Å². The second-order valence-corrected chi connectivity index (χ2v) is 5.85. The molecule has 2 aromatic rings. The van der Waals surface area contributed by atoms with E-state index in [1.807, 2.05) is 12.3 Å². The molecule has 0 bridgehead atoms. The highest BCUT2D eigenvalue weighted by Gasteiger charge is 2.17. The van der Waals surface area contributed by atoms with Crippen LogP contribution in [-0.4, -0.2) is 9.97 Å². The van der Waals surface area contributed by atoms with Gasteiger partial charge >= 0.3 is 0 Å². The standard InChI is InChI=1S/C11H15N3S2/c1-6(2)8-5-16-11(14-8)9(12)10-13-7(3)4-15-10/h4-6,9H,12H2,1-3H3. The van der Waals surface area contributed by atoms with Gasteiger partial charge in [0, 0.05) is 16.5 Å². The lowest BCUT2D eigenvalue weighted by molar-refractivity contribution is 0.790. The number of nitrogens with two attached hydrogens (primary N) is 1. The third-order valence-corrected chi connectivity index (χ3v) is 4.29. The fraction of sp³-hybridized carbons (Fsp3) is 0.455. The maximum atomic E-state index is 6.14. The van der Waals surface area contributed by atoms with Crippen LogP contribution in [0.15, 0.2) is 10.8 Å². The molecule has 5 heteroatoms. The smallest absolute Gasteiger partial charge is 0.117 e. The largest absolute Gasteiger partial charge is 0.316 e. The second kappa shape index (κ2) is 4.61. The van der Waals surface area contributed by atoms with Gasteiger partial charge in [-0.15, -0.1) is 22.7 Å². The molecule has 0 aliphatic heterocycles. The van der Waals surface area contributed by atoms with Gasteiger partial charge in [-0.05, 0) is 12.8 Å². The van der Waals surface area contributed by atoms with Crippen LogP contribution in [0.2, 0.25) is 0 Å². The van der Waals surface area contributed by atoms with E-state index >= 15 is 0 Å². The summed E-state index contributed by atoms with van der Waals surface area (Å²) in [7, 11) is 0. The predicted molar refractivity (Wildman–Crippen MR) is 69.1 cm³/mol. The number of aryl methyl sites for hydroxylation is 1. The minimum Gasteiger partial charge on any atom is -0.316 e. The van der Waals surface area contributed by atoms with Crippen molar-refractivity contribution in [1.82, 2.24) is 9.97 Å². The highest BCUT2D eigenvalue weighted by molar-refractivity contribution is 7.11. The average molecular weight is 253 g/mol. The van der Waals surface area contributed by atoms with E-state index in [1.165, 1.54) is 0 Å². The molecule has 0 aliphatic rings. The van der Waals surface area contributed by atoms with Gasteiger partial charge in [-0.25, -0.2) is 9.97 Å². The molecular weight excluding hydrogens is 238 g/mol. The Hall–Kier alpha value is -0.780. The molecule has 0 spiro atoms. The zero-order chi connectivity index (χ0) is 11.7. The van der Waals surface area contributed by atoms with Crippen LogP contribution >= 0.6 is 22.7 Å². The summed E-state index contributed by atoms with van der Waals surface area (Å²) < 4.78 is 0. The summed E-state index contributed by atoms with van der Waals surface area (Å²) in [5, 5.41) is 6.01. The number of hydrogen-bond acceptors (Lipinski definition) is 5. The Morgan fingerprint density at radius 2 is 1.75 bits per heavy atom. The van der Waals surface area contributed by atoms with Crippen molar-refractivity contribution in [2.24, 2.45) is 5.73 Å². The van der Waals surface area contributed by atoms with E-state index in [0.717, 1.165) is 21.4 Å². The molecule has 0 saturated carbocycles. The van der Waals surface area contributed by atoms with Crippen molar-refractivity contribution >= 4 is 22.7 Å². The SMILES string of the molecule is Cc1csc(C(N)c2nc(C(C)C)cs2)n1. The highest BCUT2D eigenvalue weighted by atomic mass is 32.1. The summed E-state index contributed by atoms with van der Waals surface area (Å²) >= 11 is 3.22. The van der Waals surface area contributed by atoms with Gasteiger partial charge in [0.2, 0.25) is 0 Å². The minimum absolute atomic E-state index is 0.170. The molecule has 2 heterocycles. The third-order valence-electron chi connectivity index (χ3n) is 2.30. The normalized spacial score (nSPS) is 13.3. The van der Waals surface area contributed by atoms with Crippen molar-refractivity contribution < 1.29 is 0 Å². The Morgan fingerprint density at radius 3 is 2.25 bits per heavy atom. The summed E-state index contributed by atoms with van der Waals surface area (Å²) in [6.45, 7) is 6.25. The summed E-state index contributed by atoms with van der Waals surface area (Å²) in [6.07, 6.45) is 0. The topological polar surface area (TPSA) is 51.8 Å². The van der Waals surface area contributed by atoms with E-state index in [9.17, 15) is 0 Å². The van der Waals surface area contributed by atoms with Crippen LogP contribution in [0.4, 0.5) is 0 Å². The van der Waals surface area contributed by atoms with Crippen molar-refractivity contribution in [3.05, 3.63) is 32.2 Å². The fourth-order valence-corrected chi connectivity index (χ4v) is 3.19. The molecule has 0 radical (unpaired) electrons. The highest BCUT2D eigenvalue weighted by Crippen LogP contribution is 2.27. The van der Waals surface area contributed by atoms with Crippen LogP contribution in [0.3, 0.4) is 0 Å². The molecule has 2 N–H and O–H groups in total. The van der Waals surface area contributed by atoms with Crippen molar-refractivity contribution in [2.75, 3.05) is 0 Å². The van der Waals surface area contributed by atoms with E-state index in [0.29, 0.717) is 5.92 Å². The maximum absolute atomic E-state index is 6.14. The Morgan fingerprint density at radius 1 is 1.12 bits per heavy atom. The molecule has 16 heavy (non-hydrogen) atoms. The van der Waals surface area contributed by atoms with Gasteiger partial charge in [-0.3, -0.25) is 0 Å². The lowest BCUT2D eigenvalue weighted by atomic mass is 10.2. The first-order valence-corrected chi connectivity index (χ1v) is 6.96. The van der Waals surface area contributed by atoms with Crippen molar-refractivity contribution in [2.45, 2.75) is 32.7 Å². The molecule has 0 saturated heterocycles. The van der Waals surface area contributed by atoms with Crippen molar-refractivity contribution in [3.8, 4) is 0 Å². The van der Waals surface area contributed by atoms with E-state index < -0.39 is 0 Å². The number of nitrogens with zero attached hydrogens (tertiary/aromatic N) is 2. The fourth-order valence-electron chi connectivity index (χ4n) is 1.33. The van der Waals surface area contributed by atoms with Crippen LogP contribution in [-0.2, 0) is 0 Å². The number of rotatable bonds is 3. The van der Waals surface area contributed by atoms with E-state index in [-0.39, 0.29) is 6.04 Å². The Balaban J connectivity index is 2.23. The number of aromatic nitrogens is 2. The zero-order valence-corrected chi connectivity index (χ0v) is 11.2. The number of thiazole rings is 2. The van der Waals surface area contributed by atoms with Gasteiger partial charge in [0.15, 0.2) is 0 Å². The molecule has 0 amide bonds. The molecule has 0 fully saturated rings. The molecule has 2 rings (SSSR count). The molecule has 1 unspecified atom stereocenters. The molecule has 0 aromatic carbocycles. The zero-order valence-electron chi connectivity index (χ0n) is 9.60. The van der Waals surface area contributed by atoms with Crippen LogP contribution in [0.1, 0.15) is 47.2 Å². The van der Waals surface area contributed by atoms with Crippen LogP contribution in [0, 0.1) is 6.92 Å². The van der Waals surface area contributed by atoms with Crippen molar-refractivity contribution in [1.29, 1.82) is 0 Å². The summed E-state index contributed by atoms with van der Waals surface area (Å²) in [4.78, 5) is 8.96. The van der Waals surface area contributed by atoms with E-state index in [2.05, 4.69) is 29.2 Å². The molecule has 1 atom stereocenters. The second-order valence-electron chi connectivity index (χ2n) is 4.07. The summed E-state index contributed by atoms with van der Waals surface area (Å²) in [6, 6.07) is -0.170. The lowest BCUT2D eigenvalue weighted by Crippen LogP contribution is -2.11. The van der Waals surface area contributed by atoms with Crippen LogP contribution in [0.5, 0.6) is 0 Å². The lowest BCUT2D eigenvalue weighted by Gasteiger charge is -2.04. The molecule has 86 valence electrons. The van der Waals surface area contributed by atoms with Crippen LogP contribution < -0.4 is 5.73 Å². The summed E-state index contributed by atoms with van der Waals surface area (Å²) in [5.74, 6) is 0.454. The van der Waals surface area contributed by atoms with Gasteiger partial charge in [0.05, 0.1) is 5.69 Å². The predicted octanol–water partition coefficient (Wildman–Crippen LogP) is 3.08. The van der Waals surface area contributed by atoms with Gasteiger partial charge in [0.25, 0.3) is 0 Å². The van der Waals surface area contributed by atoms with Gasteiger partial charge in [-0.2, -0.15) is 0 Å². The van der Waals surface area contributed by atoms with E-state index in [1.54, 1.807) is 22.7 Å². The first-order valence-electron chi connectivity index (χ1n) is 5.21. The van der Waals surface area contributed by atoms with Crippen molar-refractivity contribution in [3.63, 3.8) is 0 Å². The minimum atomic E-state index is -0.170. The monoisotopic (exact) mass is 253 g/mol.